The topological polar surface area (TPSA) is 38.7 Å². The van der Waals surface area contributed by atoms with E-state index >= 15 is 0 Å². The summed E-state index contributed by atoms with van der Waals surface area (Å²) in [4.78, 5) is 16.0. The molecule has 1 aliphatic carbocycles. The van der Waals surface area contributed by atoms with Crippen molar-refractivity contribution in [3.63, 3.8) is 0 Å². The van der Waals surface area contributed by atoms with E-state index in [2.05, 4.69) is 83.1 Å². The Labute approximate surface area is 211 Å². The minimum atomic E-state index is 0.0365. The maximum Gasteiger partial charge on any atom is 0.116 e. The summed E-state index contributed by atoms with van der Waals surface area (Å²) in [6, 6.07) is 17.8. The lowest BCUT2D eigenvalue weighted by atomic mass is 9.82. The fourth-order valence-electron chi connectivity index (χ4n) is 5.40. The number of benzene rings is 2. The number of rotatable bonds is 3. The van der Waals surface area contributed by atoms with Gasteiger partial charge in [-0.25, -0.2) is 9.97 Å². The summed E-state index contributed by atoms with van der Waals surface area (Å²) in [5, 5.41) is 2.58. The third-order valence-electron chi connectivity index (χ3n) is 7.02. The van der Waals surface area contributed by atoms with E-state index in [0.717, 1.165) is 30.5 Å². The Morgan fingerprint density at radius 3 is 2.60 bits per heavy atom. The zero-order valence-electron chi connectivity index (χ0n) is 21.1. The molecule has 0 fully saturated rings. The lowest BCUT2D eigenvalue weighted by molar-refractivity contribution is 0.596. The number of hydrogen-bond donors (Lipinski definition) is 0. The molecule has 176 valence electrons. The minimum Gasteiger partial charge on any atom is -0.257 e. The van der Waals surface area contributed by atoms with E-state index in [1.165, 1.54) is 54.0 Å². The Bertz CT molecular complexity index is 1590. The van der Waals surface area contributed by atoms with Gasteiger partial charge >= 0.3 is 0 Å². The summed E-state index contributed by atoms with van der Waals surface area (Å²) in [5.41, 5.74) is 9.78. The number of fused-ring (bicyclic) bond motifs is 6. The fraction of sp³-hybridized carbons (Fsp3) is 0.323. The molecular formula is C31H31N3S. The Balaban J connectivity index is 1.54. The normalized spacial score (nSPS) is 13.4. The maximum atomic E-state index is 5.05. The van der Waals surface area contributed by atoms with E-state index in [4.69, 9.17) is 15.0 Å². The van der Waals surface area contributed by atoms with Crippen molar-refractivity contribution in [1.29, 1.82) is 0 Å². The zero-order chi connectivity index (χ0) is 24.3. The van der Waals surface area contributed by atoms with Crippen LogP contribution in [0.15, 0.2) is 54.9 Å². The molecule has 0 bridgehead atoms. The largest absolute Gasteiger partial charge is 0.257 e. The van der Waals surface area contributed by atoms with Gasteiger partial charge in [0.1, 0.15) is 6.33 Å². The first-order valence-corrected chi connectivity index (χ1v) is 13.4. The van der Waals surface area contributed by atoms with Gasteiger partial charge in [-0.05, 0) is 76.8 Å². The van der Waals surface area contributed by atoms with Crippen molar-refractivity contribution in [3.05, 3.63) is 77.4 Å². The quantitative estimate of drug-likeness (QED) is 0.263. The van der Waals surface area contributed by atoms with Crippen molar-refractivity contribution >= 4 is 32.3 Å². The van der Waals surface area contributed by atoms with Crippen molar-refractivity contribution in [2.75, 3.05) is 0 Å². The number of pyridine rings is 1. The molecule has 2 aromatic carbocycles. The Morgan fingerprint density at radius 2 is 1.80 bits per heavy atom. The summed E-state index contributed by atoms with van der Waals surface area (Å²) in [6.07, 6.45) is 4.74. The maximum absolute atomic E-state index is 5.05. The van der Waals surface area contributed by atoms with Crippen LogP contribution in [0.2, 0.25) is 0 Å². The van der Waals surface area contributed by atoms with Crippen LogP contribution in [0.4, 0.5) is 0 Å². The van der Waals surface area contributed by atoms with Crippen LogP contribution in [0.1, 0.15) is 57.1 Å². The highest BCUT2D eigenvalue weighted by Crippen LogP contribution is 2.46. The first kappa shape index (κ1) is 22.4. The van der Waals surface area contributed by atoms with Gasteiger partial charge in [0.2, 0.25) is 0 Å². The molecule has 0 saturated carbocycles. The number of thiophene rings is 1. The average molecular weight is 478 g/mol. The molecule has 35 heavy (non-hydrogen) atoms. The van der Waals surface area contributed by atoms with E-state index in [-0.39, 0.29) is 5.41 Å². The van der Waals surface area contributed by atoms with Crippen LogP contribution in [-0.4, -0.2) is 15.0 Å². The zero-order valence-corrected chi connectivity index (χ0v) is 22.0. The Hall–Kier alpha value is -3.11. The van der Waals surface area contributed by atoms with Crippen molar-refractivity contribution in [2.24, 2.45) is 5.92 Å². The van der Waals surface area contributed by atoms with Crippen LogP contribution in [-0.2, 0) is 24.7 Å². The van der Waals surface area contributed by atoms with Gasteiger partial charge in [-0.15, -0.1) is 11.3 Å². The van der Waals surface area contributed by atoms with E-state index in [0.29, 0.717) is 5.92 Å². The van der Waals surface area contributed by atoms with E-state index in [1.54, 1.807) is 6.33 Å². The van der Waals surface area contributed by atoms with Crippen molar-refractivity contribution < 1.29 is 0 Å². The second kappa shape index (κ2) is 8.23. The second-order valence-electron chi connectivity index (χ2n) is 11.2. The molecule has 6 rings (SSSR count). The molecule has 0 aliphatic heterocycles. The molecule has 0 unspecified atom stereocenters. The highest BCUT2D eigenvalue weighted by molar-refractivity contribution is 7.23. The second-order valence-corrected chi connectivity index (χ2v) is 12.2. The van der Waals surface area contributed by atoms with E-state index in [1.807, 2.05) is 11.3 Å². The summed E-state index contributed by atoms with van der Waals surface area (Å²) in [6.45, 7) is 11.4. The number of nitrogens with zero attached hydrogens (tertiary/aromatic N) is 3. The first-order chi connectivity index (χ1) is 16.8. The van der Waals surface area contributed by atoms with E-state index < -0.39 is 0 Å². The molecule has 3 nitrogen and oxygen atoms in total. The molecule has 1 aliphatic rings. The number of hydrogen-bond acceptors (Lipinski definition) is 4. The summed E-state index contributed by atoms with van der Waals surface area (Å²) >= 11 is 1.84. The van der Waals surface area contributed by atoms with Crippen LogP contribution >= 0.6 is 11.3 Å². The Morgan fingerprint density at radius 1 is 0.971 bits per heavy atom. The van der Waals surface area contributed by atoms with Crippen LogP contribution in [0, 0.1) is 5.92 Å². The molecule has 0 amide bonds. The van der Waals surface area contributed by atoms with Gasteiger partial charge in [0, 0.05) is 27.4 Å². The number of aromatic nitrogens is 3. The fourth-order valence-corrected chi connectivity index (χ4v) is 6.76. The van der Waals surface area contributed by atoms with E-state index in [9.17, 15) is 0 Å². The molecule has 3 aromatic heterocycles. The standard InChI is InChI=1S/C31H31N3S/c1-18(2)14-21-10-11-23-26(34-21)13-12-24-28-30(35-29(23)24)27(32-17-33-28)20-15-19-8-6-7-9-22(19)25(16-20)31(3,4)5/h6-11,15-18H,12-14H2,1-5H3. The van der Waals surface area contributed by atoms with Gasteiger partial charge in [0.15, 0.2) is 0 Å². The van der Waals surface area contributed by atoms with Crippen molar-refractivity contribution in [2.45, 2.75) is 59.3 Å². The molecule has 0 spiro atoms. The summed E-state index contributed by atoms with van der Waals surface area (Å²) in [5.74, 6) is 0.613. The highest BCUT2D eigenvalue weighted by atomic mass is 32.1. The summed E-state index contributed by atoms with van der Waals surface area (Å²) < 4.78 is 1.19. The molecule has 0 radical (unpaired) electrons. The minimum absolute atomic E-state index is 0.0365. The molecule has 5 aromatic rings. The third-order valence-corrected chi connectivity index (χ3v) is 8.28. The van der Waals surface area contributed by atoms with Crippen LogP contribution < -0.4 is 0 Å². The molecule has 4 heteroatoms. The highest BCUT2D eigenvalue weighted by Gasteiger charge is 2.26. The number of aryl methyl sites for hydroxylation is 2. The third kappa shape index (κ3) is 3.84. The summed E-state index contributed by atoms with van der Waals surface area (Å²) in [7, 11) is 0. The smallest absolute Gasteiger partial charge is 0.116 e. The lowest BCUT2D eigenvalue weighted by Gasteiger charge is -2.22. The molecular weight excluding hydrogens is 446 g/mol. The van der Waals surface area contributed by atoms with Gasteiger partial charge in [-0.2, -0.15) is 0 Å². The van der Waals surface area contributed by atoms with Crippen LogP contribution in [0.5, 0.6) is 0 Å². The lowest BCUT2D eigenvalue weighted by Crippen LogP contribution is -2.12. The van der Waals surface area contributed by atoms with Gasteiger partial charge in [-0.3, -0.25) is 4.98 Å². The van der Waals surface area contributed by atoms with Crippen molar-refractivity contribution in [3.8, 4) is 21.7 Å². The molecule has 0 N–H and O–H groups in total. The molecule has 0 saturated heterocycles. The van der Waals surface area contributed by atoms with Gasteiger partial charge < -0.3 is 0 Å². The predicted molar refractivity (Wildman–Crippen MR) is 148 cm³/mol. The first-order valence-electron chi connectivity index (χ1n) is 12.6. The molecule has 0 atom stereocenters. The predicted octanol–water partition coefficient (Wildman–Crippen LogP) is 8.17. The Kier molecular flexibility index (Phi) is 5.26. The molecule has 3 heterocycles. The van der Waals surface area contributed by atoms with Crippen LogP contribution in [0.25, 0.3) is 42.7 Å². The SMILES string of the molecule is CC(C)Cc1ccc2c(n1)CCc1c-2sc2c(-c3cc(C(C)(C)C)c4ccccc4c3)ncnc12. The van der Waals surface area contributed by atoms with Gasteiger partial charge in [-0.1, -0.05) is 58.9 Å². The van der Waals surface area contributed by atoms with Gasteiger partial charge in [0.05, 0.1) is 15.9 Å². The van der Waals surface area contributed by atoms with Gasteiger partial charge in [0.25, 0.3) is 0 Å². The van der Waals surface area contributed by atoms with Crippen molar-refractivity contribution in [1.82, 2.24) is 15.0 Å². The van der Waals surface area contributed by atoms with Crippen LogP contribution in [0.3, 0.4) is 0 Å². The monoisotopic (exact) mass is 477 g/mol. The average Bonchev–Trinajstić information content (AvgIpc) is 3.21.